The smallest absolute Gasteiger partial charge is 0.155 e. The van der Waals surface area contributed by atoms with E-state index in [1.807, 2.05) is 6.08 Å². The van der Waals surface area contributed by atoms with Crippen molar-refractivity contribution in [3.63, 3.8) is 0 Å². The molecule has 0 aliphatic heterocycles. The maximum absolute atomic E-state index is 12.1. The van der Waals surface area contributed by atoms with Crippen molar-refractivity contribution in [3.8, 4) is 0 Å². The first-order valence-electron chi connectivity index (χ1n) is 10.9. The minimum Gasteiger partial charge on any atom is -0.313 e. The second-order valence-electron chi connectivity index (χ2n) is 10.2. The fourth-order valence-corrected chi connectivity index (χ4v) is 7.53. The molecule has 0 saturated heterocycles. The fourth-order valence-electron chi connectivity index (χ4n) is 7.53. The maximum Gasteiger partial charge on any atom is 0.155 e. The highest BCUT2D eigenvalue weighted by atomic mass is 16.1. The first-order valence-corrected chi connectivity index (χ1v) is 10.9. The summed E-state index contributed by atoms with van der Waals surface area (Å²) in [4.78, 5) is 12.1. The number of carbonyl (C=O) groups is 1. The summed E-state index contributed by atoms with van der Waals surface area (Å²) in [5.41, 5.74) is 8.36. The topological polar surface area (TPSA) is 29.1 Å². The molecule has 2 nitrogen and oxygen atoms in total. The molecule has 0 radical (unpaired) electrons. The SMILES string of the molecule is C=C1CCC[C@]2(C)CC=C3C4=C(CCC132)C1(C)CCC(=O)C=C1C[C@H]4NC. The minimum atomic E-state index is 0.0913. The summed E-state index contributed by atoms with van der Waals surface area (Å²) in [5.74, 6) is 0.321. The third-order valence-corrected chi connectivity index (χ3v) is 9.13. The Kier molecular flexibility index (Phi) is 3.64. The Bertz CT molecular complexity index is 842. The Morgan fingerprint density at radius 3 is 2.74 bits per heavy atom. The van der Waals surface area contributed by atoms with E-state index in [9.17, 15) is 4.79 Å². The van der Waals surface area contributed by atoms with Crippen LogP contribution < -0.4 is 5.32 Å². The molecule has 2 unspecified atom stereocenters. The molecule has 144 valence electrons. The number of ketones is 1. The van der Waals surface area contributed by atoms with E-state index in [1.54, 1.807) is 16.7 Å². The quantitative estimate of drug-likeness (QED) is 0.630. The van der Waals surface area contributed by atoms with Gasteiger partial charge < -0.3 is 5.32 Å². The van der Waals surface area contributed by atoms with Gasteiger partial charge in [-0.3, -0.25) is 4.79 Å². The number of likely N-dealkylation sites (N-methyl/N-ethyl adjacent to an activating group) is 1. The molecule has 1 fully saturated rings. The zero-order valence-corrected chi connectivity index (χ0v) is 17.2. The minimum absolute atomic E-state index is 0.0913. The monoisotopic (exact) mass is 363 g/mol. The van der Waals surface area contributed by atoms with Crippen molar-refractivity contribution in [2.24, 2.45) is 16.2 Å². The number of carbonyl (C=O) groups excluding carboxylic acids is 1. The lowest BCUT2D eigenvalue weighted by atomic mass is 9.47. The first-order chi connectivity index (χ1) is 12.9. The van der Waals surface area contributed by atoms with Crippen LogP contribution in [0.3, 0.4) is 0 Å². The summed E-state index contributed by atoms with van der Waals surface area (Å²) in [7, 11) is 2.09. The Balaban J connectivity index is 1.71. The van der Waals surface area contributed by atoms with Crippen molar-refractivity contribution < 1.29 is 4.79 Å². The molecule has 0 heterocycles. The van der Waals surface area contributed by atoms with Gasteiger partial charge in [-0.15, -0.1) is 0 Å². The van der Waals surface area contributed by atoms with E-state index >= 15 is 0 Å². The summed E-state index contributed by atoms with van der Waals surface area (Å²) in [6, 6.07) is 0.339. The predicted octanol–water partition coefficient (Wildman–Crippen LogP) is 5.43. The van der Waals surface area contributed by atoms with E-state index in [0.29, 0.717) is 23.7 Å². The zero-order valence-electron chi connectivity index (χ0n) is 17.2. The van der Waals surface area contributed by atoms with Gasteiger partial charge in [0.05, 0.1) is 0 Å². The van der Waals surface area contributed by atoms with E-state index in [0.717, 1.165) is 12.8 Å². The van der Waals surface area contributed by atoms with Crippen LogP contribution in [-0.4, -0.2) is 18.9 Å². The number of hydrogen-bond acceptors (Lipinski definition) is 2. The molecular formula is C25H33NO. The van der Waals surface area contributed by atoms with Crippen molar-refractivity contribution >= 4 is 5.78 Å². The Morgan fingerprint density at radius 1 is 1.15 bits per heavy atom. The highest BCUT2D eigenvalue weighted by molar-refractivity contribution is 5.92. The van der Waals surface area contributed by atoms with Gasteiger partial charge >= 0.3 is 0 Å². The van der Waals surface area contributed by atoms with Crippen molar-refractivity contribution in [1.82, 2.24) is 5.32 Å². The summed E-state index contributed by atoms with van der Waals surface area (Å²) < 4.78 is 0. The summed E-state index contributed by atoms with van der Waals surface area (Å²) in [5, 5.41) is 3.62. The highest BCUT2D eigenvalue weighted by Crippen LogP contribution is 2.70. The zero-order chi connectivity index (χ0) is 19.0. The van der Waals surface area contributed by atoms with Crippen LogP contribution in [0.25, 0.3) is 0 Å². The summed E-state index contributed by atoms with van der Waals surface area (Å²) in [6.07, 6.45) is 14.7. The highest BCUT2D eigenvalue weighted by Gasteiger charge is 2.60. The van der Waals surface area contributed by atoms with Gasteiger partial charge in [-0.2, -0.15) is 0 Å². The molecule has 4 atom stereocenters. The van der Waals surface area contributed by atoms with Crippen LogP contribution in [0, 0.1) is 16.2 Å². The van der Waals surface area contributed by atoms with Gasteiger partial charge in [0.2, 0.25) is 0 Å². The molecular weight excluding hydrogens is 330 g/mol. The summed E-state index contributed by atoms with van der Waals surface area (Å²) in [6.45, 7) is 9.57. The molecule has 1 N–H and O–H groups in total. The molecule has 0 bridgehead atoms. The van der Waals surface area contributed by atoms with Crippen LogP contribution in [0.4, 0.5) is 0 Å². The average Bonchev–Trinajstić information content (AvgIpc) is 2.97. The van der Waals surface area contributed by atoms with Crippen LogP contribution in [-0.2, 0) is 4.79 Å². The lowest BCUT2D eigenvalue weighted by molar-refractivity contribution is -0.115. The number of nitrogens with one attached hydrogen (secondary N) is 1. The van der Waals surface area contributed by atoms with Crippen LogP contribution in [0.1, 0.15) is 71.6 Å². The second-order valence-corrected chi connectivity index (χ2v) is 10.2. The van der Waals surface area contributed by atoms with Crippen molar-refractivity contribution in [2.75, 3.05) is 7.05 Å². The van der Waals surface area contributed by atoms with Crippen LogP contribution in [0.5, 0.6) is 0 Å². The third kappa shape index (κ3) is 2.03. The molecule has 1 spiro atoms. The predicted molar refractivity (Wildman–Crippen MR) is 110 cm³/mol. The third-order valence-electron chi connectivity index (χ3n) is 9.13. The number of hydrogen-bond donors (Lipinski definition) is 1. The lowest BCUT2D eigenvalue weighted by Crippen LogP contribution is -2.50. The van der Waals surface area contributed by atoms with Gasteiger partial charge in [0.25, 0.3) is 0 Å². The number of rotatable bonds is 1. The Labute approximate surface area is 163 Å². The molecule has 0 aromatic heterocycles. The molecule has 5 aliphatic carbocycles. The Hall–Kier alpha value is -1.41. The van der Waals surface area contributed by atoms with E-state index < -0.39 is 0 Å². The molecule has 1 saturated carbocycles. The number of allylic oxidation sites excluding steroid dienone is 4. The van der Waals surface area contributed by atoms with E-state index in [4.69, 9.17) is 0 Å². The van der Waals surface area contributed by atoms with Crippen LogP contribution >= 0.6 is 0 Å². The molecule has 2 heteroatoms. The van der Waals surface area contributed by atoms with E-state index in [2.05, 4.69) is 38.9 Å². The van der Waals surface area contributed by atoms with Gasteiger partial charge in [0.1, 0.15) is 0 Å². The Morgan fingerprint density at radius 2 is 1.96 bits per heavy atom. The lowest BCUT2D eigenvalue weighted by Gasteiger charge is -2.57. The molecule has 0 amide bonds. The second kappa shape index (κ2) is 5.56. The normalized spacial score (nSPS) is 43.4. The number of fused-ring (bicyclic) bond motifs is 3. The van der Waals surface area contributed by atoms with Gasteiger partial charge in [0.15, 0.2) is 5.78 Å². The van der Waals surface area contributed by atoms with Gasteiger partial charge in [-0.25, -0.2) is 0 Å². The molecule has 0 aromatic carbocycles. The van der Waals surface area contributed by atoms with Crippen LogP contribution in [0.2, 0.25) is 0 Å². The van der Waals surface area contributed by atoms with Crippen molar-refractivity contribution in [3.05, 3.63) is 46.6 Å². The molecule has 0 aromatic rings. The average molecular weight is 364 g/mol. The molecule has 5 aliphatic rings. The molecule has 5 rings (SSSR count). The summed E-state index contributed by atoms with van der Waals surface area (Å²) >= 11 is 0. The maximum atomic E-state index is 12.1. The van der Waals surface area contributed by atoms with E-state index in [-0.39, 0.29) is 10.8 Å². The van der Waals surface area contributed by atoms with Crippen LogP contribution in [0.15, 0.2) is 46.6 Å². The first kappa shape index (κ1) is 17.7. The van der Waals surface area contributed by atoms with Gasteiger partial charge in [0, 0.05) is 23.3 Å². The standard InChI is InChI=1S/C25H33NO/c1-16-6-5-10-23(2)11-8-20-22-19(9-13-25(16,20)23)24(3)12-7-18(27)14-17(24)15-21(22)26-4/h8,14,21,26H,1,5-7,9-13,15H2,2-4H3/t21-,23-,24?,25?/m1/s1. The molecule has 27 heavy (non-hydrogen) atoms. The fraction of sp³-hybridized carbons (Fsp3) is 0.640. The van der Waals surface area contributed by atoms with Crippen molar-refractivity contribution in [2.45, 2.75) is 77.7 Å². The van der Waals surface area contributed by atoms with E-state index in [1.165, 1.54) is 49.7 Å². The van der Waals surface area contributed by atoms with Crippen molar-refractivity contribution in [1.29, 1.82) is 0 Å². The largest absolute Gasteiger partial charge is 0.313 e. The van der Waals surface area contributed by atoms with Gasteiger partial charge in [-0.05, 0) is 81.1 Å². The van der Waals surface area contributed by atoms with Gasteiger partial charge in [-0.1, -0.05) is 43.2 Å².